The number of aliphatic hydroxyl groups excluding tert-OH is 2. The summed E-state index contributed by atoms with van der Waals surface area (Å²) in [5.41, 5.74) is 2.07. The maximum atomic E-state index is 8.97. The second-order valence-corrected chi connectivity index (χ2v) is 4.19. The minimum absolute atomic E-state index is 0.0819. The van der Waals surface area contributed by atoms with E-state index in [4.69, 9.17) is 10.2 Å². The highest BCUT2D eigenvalue weighted by atomic mass is 16.3. The van der Waals surface area contributed by atoms with Crippen molar-refractivity contribution < 1.29 is 10.2 Å². The van der Waals surface area contributed by atoms with Crippen LogP contribution in [0.15, 0.2) is 24.3 Å². The molecule has 3 nitrogen and oxygen atoms in total. The Morgan fingerprint density at radius 2 is 1.75 bits per heavy atom. The summed E-state index contributed by atoms with van der Waals surface area (Å²) in [4.78, 5) is 2.25. The first-order chi connectivity index (χ1) is 7.69. The molecule has 1 aromatic rings. The van der Waals surface area contributed by atoms with Gasteiger partial charge in [-0.15, -0.1) is 0 Å². The van der Waals surface area contributed by atoms with Crippen molar-refractivity contribution in [3.63, 3.8) is 0 Å². The van der Waals surface area contributed by atoms with Crippen molar-refractivity contribution >= 4 is 5.69 Å². The predicted molar refractivity (Wildman–Crippen MR) is 66.5 cm³/mol. The van der Waals surface area contributed by atoms with Crippen molar-refractivity contribution in [2.45, 2.75) is 32.9 Å². The fraction of sp³-hybridized carbons (Fsp3) is 0.538. The van der Waals surface area contributed by atoms with E-state index in [0.717, 1.165) is 24.2 Å². The maximum Gasteiger partial charge on any atom is 0.0681 e. The number of nitrogens with zero attached hydrogens (tertiary/aromatic N) is 1. The molecule has 3 heteroatoms. The molecule has 0 saturated heterocycles. The summed E-state index contributed by atoms with van der Waals surface area (Å²) in [5, 5.41) is 17.8. The molecule has 0 atom stereocenters. The van der Waals surface area contributed by atoms with Crippen molar-refractivity contribution in [3.05, 3.63) is 29.8 Å². The second-order valence-electron chi connectivity index (χ2n) is 4.19. The Balaban J connectivity index is 2.75. The van der Waals surface area contributed by atoms with Crippen LogP contribution in [0.3, 0.4) is 0 Å². The Bertz CT molecular complexity index is 295. The zero-order chi connectivity index (χ0) is 12.0. The standard InChI is InChI=1S/C13H21NO2/c1-11(2)14(8-3-9-15)13-6-4-12(10-16)5-7-13/h4-7,11,15-16H,3,8-10H2,1-2H3. The van der Waals surface area contributed by atoms with Gasteiger partial charge in [0.25, 0.3) is 0 Å². The van der Waals surface area contributed by atoms with Crippen LogP contribution in [0.25, 0.3) is 0 Å². The lowest BCUT2D eigenvalue weighted by atomic mass is 10.1. The van der Waals surface area contributed by atoms with Gasteiger partial charge in [-0.1, -0.05) is 12.1 Å². The molecule has 0 bridgehead atoms. The molecule has 1 aromatic carbocycles. The summed E-state index contributed by atoms with van der Waals surface area (Å²) in [5.74, 6) is 0. The van der Waals surface area contributed by atoms with Crippen molar-refractivity contribution in [2.75, 3.05) is 18.1 Å². The van der Waals surface area contributed by atoms with Crippen LogP contribution in [0.5, 0.6) is 0 Å². The number of aliphatic hydroxyl groups is 2. The van der Waals surface area contributed by atoms with Gasteiger partial charge in [-0.25, -0.2) is 0 Å². The number of anilines is 1. The van der Waals surface area contributed by atoms with Gasteiger partial charge in [0.2, 0.25) is 0 Å². The molecule has 0 fully saturated rings. The fourth-order valence-corrected chi connectivity index (χ4v) is 1.72. The van der Waals surface area contributed by atoms with Gasteiger partial charge in [0.15, 0.2) is 0 Å². The van der Waals surface area contributed by atoms with Gasteiger partial charge in [-0.2, -0.15) is 0 Å². The zero-order valence-corrected chi connectivity index (χ0v) is 10.1. The first kappa shape index (κ1) is 13.0. The van der Waals surface area contributed by atoms with Crippen molar-refractivity contribution in [1.29, 1.82) is 0 Å². The molecule has 16 heavy (non-hydrogen) atoms. The average Bonchev–Trinajstić information content (AvgIpc) is 2.30. The van der Waals surface area contributed by atoms with Gasteiger partial charge >= 0.3 is 0 Å². The monoisotopic (exact) mass is 223 g/mol. The quantitative estimate of drug-likeness (QED) is 0.772. The van der Waals surface area contributed by atoms with E-state index in [9.17, 15) is 0 Å². The molecule has 0 aliphatic heterocycles. The predicted octanol–water partition coefficient (Wildman–Crippen LogP) is 1.78. The highest BCUT2D eigenvalue weighted by Gasteiger charge is 2.09. The molecule has 0 saturated carbocycles. The Morgan fingerprint density at radius 1 is 1.12 bits per heavy atom. The van der Waals surface area contributed by atoms with Crippen LogP contribution in [0.2, 0.25) is 0 Å². The SMILES string of the molecule is CC(C)N(CCCO)c1ccc(CO)cc1. The van der Waals surface area contributed by atoms with Crippen LogP contribution in [-0.2, 0) is 6.61 Å². The van der Waals surface area contributed by atoms with Crippen LogP contribution in [0.1, 0.15) is 25.8 Å². The molecule has 0 spiro atoms. The fourth-order valence-electron chi connectivity index (χ4n) is 1.72. The average molecular weight is 223 g/mol. The van der Waals surface area contributed by atoms with E-state index in [-0.39, 0.29) is 13.2 Å². The van der Waals surface area contributed by atoms with Crippen LogP contribution < -0.4 is 4.90 Å². The third-order valence-corrected chi connectivity index (χ3v) is 2.63. The van der Waals surface area contributed by atoms with E-state index >= 15 is 0 Å². The molecule has 0 heterocycles. The van der Waals surface area contributed by atoms with E-state index in [0.29, 0.717) is 6.04 Å². The summed E-state index contributed by atoms with van der Waals surface area (Å²) in [7, 11) is 0. The molecular formula is C13H21NO2. The third-order valence-electron chi connectivity index (χ3n) is 2.63. The van der Waals surface area contributed by atoms with Gasteiger partial charge in [-0.3, -0.25) is 0 Å². The number of benzene rings is 1. The Labute approximate surface area is 97.3 Å². The summed E-state index contributed by atoms with van der Waals surface area (Å²) in [6, 6.07) is 8.31. The molecule has 0 aliphatic carbocycles. The largest absolute Gasteiger partial charge is 0.396 e. The first-order valence-electron chi connectivity index (χ1n) is 5.76. The molecule has 90 valence electrons. The van der Waals surface area contributed by atoms with Crippen LogP contribution in [-0.4, -0.2) is 29.4 Å². The Hall–Kier alpha value is -1.06. The minimum atomic E-state index is 0.0819. The van der Waals surface area contributed by atoms with Gasteiger partial charge < -0.3 is 15.1 Å². The normalized spacial score (nSPS) is 10.8. The van der Waals surface area contributed by atoms with E-state index in [1.807, 2.05) is 24.3 Å². The van der Waals surface area contributed by atoms with E-state index in [1.165, 1.54) is 0 Å². The Morgan fingerprint density at radius 3 is 2.19 bits per heavy atom. The molecule has 0 radical (unpaired) electrons. The van der Waals surface area contributed by atoms with Crippen molar-refractivity contribution in [3.8, 4) is 0 Å². The van der Waals surface area contributed by atoms with Gasteiger partial charge in [0.05, 0.1) is 6.61 Å². The summed E-state index contributed by atoms with van der Waals surface area (Å²) >= 11 is 0. The maximum absolute atomic E-state index is 8.97. The molecule has 0 aromatic heterocycles. The smallest absolute Gasteiger partial charge is 0.0681 e. The Kier molecular flexibility index (Phi) is 5.29. The minimum Gasteiger partial charge on any atom is -0.396 e. The first-order valence-corrected chi connectivity index (χ1v) is 5.76. The lowest BCUT2D eigenvalue weighted by molar-refractivity contribution is 0.282. The second kappa shape index (κ2) is 6.51. The molecule has 1 rings (SSSR count). The van der Waals surface area contributed by atoms with Crippen molar-refractivity contribution in [2.24, 2.45) is 0 Å². The number of hydrogen-bond acceptors (Lipinski definition) is 3. The molecule has 0 unspecified atom stereocenters. The van der Waals surface area contributed by atoms with Crippen LogP contribution >= 0.6 is 0 Å². The van der Waals surface area contributed by atoms with Gasteiger partial charge in [-0.05, 0) is 38.0 Å². The summed E-state index contributed by atoms with van der Waals surface area (Å²) in [6.45, 7) is 5.43. The van der Waals surface area contributed by atoms with Gasteiger partial charge in [0.1, 0.15) is 0 Å². The van der Waals surface area contributed by atoms with E-state index in [2.05, 4.69) is 18.7 Å². The van der Waals surface area contributed by atoms with E-state index in [1.54, 1.807) is 0 Å². The van der Waals surface area contributed by atoms with Crippen LogP contribution in [0.4, 0.5) is 5.69 Å². The number of hydrogen-bond donors (Lipinski definition) is 2. The highest BCUT2D eigenvalue weighted by Crippen LogP contribution is 2.18. The lowest BCUT2D eigenvalue weighted by Crippen LogP contribution is -2.32. The topological polar surface area (TPSA) is 43.7 Å². The highest BCUT2D eigenvalue weighted by molar-refractivity contribution is 5.48. The summed E-state index contributed by atoms with van der Waals surface area (Å²) in [6.07, 6.45) is 0.778. The van der Waals surface area contributed by atoms with Crippen LogP contribution in [0, 0.1) is 0 Å². The summed E-state index contributed by atoms with van der Waals surface area (Å²) < 4.78 is 0. The van der Waals surface area contributed by atoms with Crippen molar-refractivity contribution in [1.82, 2.24) is 0 Å². The lowest BCUT2D eigenvalue weighted by Gasteiger charge is -2.29. The molecular weight excluding hydrogens is 202 g/mol. The molecule has 2 N–H and O–H groups in total. The van der Waals surface area contributed by atoms with E-state index < -0.39 is 0 Å². The molecule has 0 aliphatic rings. The third kappa shape index (κ3) is 3.51. The zero-order valence-electron chi connectivity index (χ0n) is 10.1. The van der Waals surface area contributed by atoms with Gasteiger partial charge in [0, 0.05) is 24.9 Å². The number of rotatable bonds is 6. The molecule has 0 amide bonds.